The van der Waals surface area contributed by atoms with Crippen molar-refractivity contribution in [2.24, 2.45) is 5.92 Å². The van der Waals surface area contributed by atoms with Crippen LogP contribution in [0.1, 0.15) is 24.8 Å². The van der Waals surface area contributed by atoms with Crippen molar-refractivity contribution in [2.45, 2.75) is 19.9 Å². The molecule has 0 aliphatic rings. The first kappa shape index (κ1) is 10.6. The summed E-state index contributed by atoms with van der Waals surface area (Å²) < 4.78 is 1.91. The number of halogens is 1. The first-order valence-corrected chi connectivity index (χ1v) is 6.04. The van der Waals surface area contributed by atoms with E-state index >= 15 is 0 Å². The van der Waals surface area contributed by atoms with Gasteiger partial charge in [-0.1, -0.05) is 19.9 Å². The minimum absolute atomic E-state index is 0.229. The topological polar surface area (TPSA) is 30.7 Å². The molecule has 0 amide bonds. The number of rotatable bonds is 3. The summed E-state index contributed by atoms with van der Waals surface area (Å²) in [5, 5.41) is 10.2. The predicted molar refractivity (Wildman–Crippen MR) is 62.3 cm³/mol. The third-order valence-electron chi connectivity index (χ3n) is 2.30. The van der Waals surface area contributed by atoms with Crippen molar-refractivity contribution in [3.63, 3.8) is 0 Å². The molecule has 0 radical (unpaired) electrons. The van der Waals surface area contributed by atoms with Crippen molar-refractivity contribution in [3.8, 4) is 0 Å². The summed E-state index contributed by atoms with van der Waals surface area (Å²) >= 11 is 7.72. The first-order chi connectivity index (χ1) is 7.20. The van der Waals surface area contributed by atoms with Crippen LogP contribution in [0.15, 0.2) is 23.8 Å². The van der Waals surface area contributed by atoms with E-state index in [-0.39, 0.29) is 6.04 Å². The smallest absolute Gasteiger partial charge is 0.225 e. The van der Waals surface area contributed by atoms with Gasteiger partial charge in [-0.3, -0.25) is 4.57 Å². The number of hydrogen-bond acceptors (Lipinski definition) is 3. The minimum atomic E-state index is 0.229. The zero-order valence-electron chi connectivity index (χ0n) is 8.59. The molecule has 1 atom stereocenters. The van der Waals surface area contributed by atoms with E-state index in [1.54, 1.807) is 17.7 Å². The van der Waals surface area contributed by atoms with Gasteiger partial charge in [0.1, 0.15) is 6.33 Å². The van der Waals surface area contributed by atoms with Gasteiger partial charge in [0, 0.05) is 4.88 Å². The van der Waals surface area contributed by atoms with Gasteiger partial charge in [0.15, 0.2) is 0 Å². The Labute approximate surface area is 97.7 Å². The molecule has 2 rings (SSSR count). The molecule has 2 aromatic rings. The molecule has 0 aliphatic heterocycles. The fourth-order valence-electron chi connectivity index (χ4n) is 1.66. The summed E-state index contributed by atoms with van der Waals surface area (Å²) in [5.74, 6) is 0.456. The first-order valence-electron chi connectivity index (χ1n) is 4.78. The third-order valence-corrected chi connectivity index (χ3v) is 3.51. The highest BCUT2D eigenvalue weighted by Crippen LogP contribution is 2.31. The van der Waals surface area contributed by atoms with Crippen LogP contribution in [0.5, 0.6) is 0 Å². The van der Waals surface area contributed by atoms with Gasteiger partial charge in [-0.25, -0.2) is 0 Å². The van der Waals surface area contributed by atoms with Crippen molar-refractivity contribution in [1.82, 2.24) is 14.8 Å². The van der Waals surface area contributed by atoms with Crippen LogP contribution in [-0.4, -0.2) is 14.8 Å². The molecule has 0 saturated carbocycles. The van der Waals surface area contributed by atoms with Gasteiger partial charge < -0.3 is 0 Å². The van der Waals surface area contributed by atoms with Crippen molar-refractivity contribution in [2.75, 3.05) is 0 Å². The van der Waals surface area contributed by atoms with E-state index in [1.807, 2.05) is 10.6 Å². The lowest BCUT2D eigenvalue weighted by Crippen LogP contribution is -2.14. The summed E-state index contributed by atoms with van der Waals surface area (Å²) in [6.45, 7) is 4.33. The van der Waals surface area contributed by atoms with Gasteiger partial charge in [0.05, 0.1) is 6.04 Å². The SMILES string of the molecule is CC(C)C(c1cccs1)n1cnnc1Cl. The van der Waals surface area contributed by atoms with Crippen molar-refractivity contribution in [1.29, 1.82) is 0 Å². The van der Waals surface area contributed by atoms with Crippen LogP contribution in [-0.2, 0) is 0 Å². The lowest BCUT2D eigenvalue weighted by atomic mass is 10.0. The zero-order chi connectivity index (χ0) is 10.8. The molecule has 2 aromatic heterocycles. The Morgan fingerprint density at radius 2 is 2.27 bits per heavy atom. The molecule has 80 valence electrons. The molecule has 0 N–H and O–H groups in total. The van der Waals surface area contributed by atoms with Crippen LogP contribution in [0, 0.1) is 5.92 Å². The molecule has 15 heavy (non-hydrogen) atoms. The largest absolute Gasteiger partial charge is 0.296 e. The molecule has 0 fully saturated rings. The highest BCUT2D eigenvalue weighted by molar-refractivity contribution is 7.10. The molecule has 1 unspecified atom stereocenters. The van der Waals surface area contributed by atoms with E-state index in [1.165, 1.54) is 4.88 Å². The average molecular weight is 242 g/mol. The van der Waals surface area contributed by atoms with Crippen LogP contribution in [0.2, 0.25) is 5.28 Å². The number of nitrogens with zero attached hydrogens (tertiary/aromatic N) is 3. The van der Waals surface area contributed by atoms with E-state index in [9.17, 15) is 0 Å². The fourth-order valence-corrected chi connectivity index (χ4v) is 2.85. The molecule has 0 aliphatic carbocycles. The Balaban J connectivity index is 2.41. The lowest BCUT2D eigenvalue weighted by Gasteiger charge is -2.21. The Bertz CT molecular complexity index is 422. The molecule has 0 bridgehead atoms. The second kappa shape index (κ2) is 4.33. The van der Waals surface area contributed by atoms with Gasteiger partial charge in [-0.05, 0) is 29.0 Å². The normalized spacial score (nSPS) is 13.3. The maximum Gasteiger partial charge on any atom is 0.225 e. The maximum atomic E-state index is 5.99. The highest BCUT2D eigenvalue weighted by Gasteiger charge is 2.21. The monoisotopic (exact) mass is 241 g/mol. The van der Waals surface area contributed by atoms with Crippen LogP contribution in [0.3, 0.4) is 0 Å². The zero-order valence-corrected chi connectivity index (χ0v) is 10.2. The molecular weight excluding hydrogens is 230 g/mol. The van der Waals surface area contributed by atoms with Gasteiger partial charge in [-0.2, -0.15) is 0 Å². The number of hydrogen-bond donors (Lipinski definition) is 0. The van der Waals surface area contributed by atoms with Gasteiger partial charge in [-0.15, -0.1) is 21.5 Å². The maximum absolute atomic E-state index is 5.99. The fraction of sp³-hybridized carbons (Fsp3) is 0.400. The van der Waals surface area contributed by atoms with Gasteiger partial charge >= 0.3 is 0 Å². The van der Waals surface area contributed by atoms with E-state index in [0.717, 1.165) is 0 Å². The highest BCUT2D eigenvalue weighted by atomic mass is 35.5. The van der Waals surface area contributed by atoms with E-state index in [4.69, 9.17) is 11.6 Å². The molecule has 5 heteroatoms. The number of aromatic nitrogens is 3. The molecule has 2 heterocycles. The van der Waals surface area contributed by atoms with Crippen LogP contribution < -0.4 is 0 Å². The van der Waals surface area contributed by atoms with E-state index < -0.39 is 0 Å². The molecule has 0 saturated heterocycles. The van der Waals surface area contributed by atoms with Crippen LogP contribution in [0.25, 0.3) is 0 Å². The molecular formula is C10H12ClN3S. The second-order valence-electron chi connectivity index (χ2n) is 3.71. The second-order valence-corrected chi connectivity index (χ2v) is 5.03. The van der Waals surface area contributed by atoms with Crippen molar-refractivity contribution >= 4 is 22.9 Å². The van der Waals surface area contributed by atoms with Crippen molar-refractivity contribution < 1.29 is 0 Å². The summed E-state index contributed by atoms with van der Waals surface area (Å²) in [4.78, 5) is 1.28. The molecule has 0 spiro atoms. The van der Waals surface area contributed by atoms with E-state index in [0.29, 0.717) is 11.2 Å². The Morgan fingerprint density at radius 3 is 2.73 bits per heavy atom. The molecule has 3 nitrogen and oxygen atoms in total. The summed E-state index contributed by atoms with van der Waals surface area (Å²) in [6, 6.07) is 4.40. The van der Waals surface area contributed by atoms with Gasteiger partial charge in [0.2, 0.25) is 5.28 Å². The predicted octanol–water partition coefficient (Wildman–Crippen LogP) is 3.24. The lowest BCUT2D eigenvalue weighted by molar-refractivity contribution is 0.442. The van der Waals surface area contributed by atoms with Crippen molar-refractivity contribution in [3.05, 3.63) is 34.0 Å². The summed E-state index contributed by atoms with van der Waals surface area (Å²) in [7, 11) is 0. The van der Waals surface area contributed by atoms with Crippen LogP contribution >= 0.6 is 22.9 Å². The average Bonchev–Trinajstić information content (AvgIpc) is 2.79. The standard InChI is InChI=1S/C10H12ClN3S/c1-7(2)9(8-4-3-5-15-8)14-6-12-13-10(14)11/h3-7,9H,1-2H3. The Kier molecular flexibility index (Phi) is 3.07. The molecule has 0 aromatic carbocycles. The minimum Gasteiger partial charge on any atom is -0.296 e. The quantitative estimate of drug-likeness (QED) is 0.826. The number of thiophene rings is 1. The third kappa shape index (κ3) is 2.06. The summed E-state index contributed by atoms with van der Waals surface area (Å²) in [5.41, 5.74) is 0. The van der Waals surface area contributed by atoms with E-state index in [2.05, 4.69) is 35.5 Å². The Morgan fingerprint density at radius 1 is 1.47 bits per heavy atom. The summed E-state index contributed by atoms with van der Waals surface area (Å²) in [6.07, 6.45) is 1.69. The van der Waals surface area contributed by atoms with Crippen LogP contribution in [0.4, 0.5) is 0 Å². The van der Waals surface area contributed by atoms with Gasteiger partial charge in [0.25, 0.3) is 0 Å². The Hall–Kier alpha value is -0.870.